The van der Waals surface area contributed by atoms with Gasteiger partial charge in [-0.1, -0.05) is 30.3 Å². The third-order valence-electron chi connectivity index (χ3n) is 6.13. The summed E-state index contributed by atoms with van der Waals surface area (Å²) in [6.45, 7) is 1.31. The average molecular weight is 405 g/mol. The molecule has 1 fully saturated rings. The van der Waals surface area contributed by atoms with Gasteiger partial charge in [0, 0.05) is 43.8 Å². The van der Waals surface area contributed by atoms with Crippen LogP contribution in [0, 0.1) is 11.8 Å². The number of nitrogens with one attached hydrogen (secondary N) is 2. The fourth-order valence-corrected chi connectivity index (χ4v) is 4.38. The van der Waals surface area contributed by atoms with E-state index in [-0.39, 0.29) is 17.4 Å². The first kappa shape index (κ1) is 20.1. The highest BCUT2D eigenvalue weighted by Crippen LogP contribution is 2.30. The van der Waals surface area contributed by atoms with E-state index >= 15 is 0 Å². The Balaban J connectivity index is 1.58. The van der Waals surface area contributed by atoms with Crippen LogP contribution in [-0.2, 0) is 17.9 Å². The van der Waals surface area contributed by atoms with Crippen LogP contribution in [-0.4, -0.2) is 22.5 Å². The van der Waals surface area contributed by atoms with Crippen LogP contribution in [0.4, 0.5) is 5.82 Å². The summed E-state index contributed by atoms with van der Waals surface area (Å²) in [5, 5.41) is 7.75. The number of anilines is 1. The second-order valence-electron chi connectivity index (χ2n) is 8.08. The van der Waals surface area contributed by atoms with Crippen LogP contribution < -0.4 is 16.2 Å². The summed E-state index contributed by atoms with van der Waals surface area (Å²) in [5.41, 5.74) is 1.17. The third kappa shape index (κ3) is 4.37. The molecule has 2 aromatic heterocycles. The first-order chi connectivity index (χ1) is 14.7. The second-order valence-corrected chi connectivity index (χ2v) is 8.08. The summed E-state index contributed by atoms with van der Waals surface area (Å²) in [6, 6.07) is 14.0. The number of amides is 1. The third-order valence-corrected chi connectivity index (χ3v) is 6.13. The summed E-state index contributed by atoms with van der Waals surface area (Å²) in [7, 11) is 1.70. The van der Waals surface area contributed by atoms with Gasteiger partial charge in [-0.3, -0.25) is 19.1 Å². The van der Waals surface area contributed by atoms with E-state index in [0.29, 0.717) is 24.4 Å². The zero-order chi connectivity index (χ0) is 20.9. The van der Waals surface area contributed by atoms with Gasteiger partial charge >= 0.3 is 0 Å². The van der Waals surface area contributed by atoms with Gasteiger partial charge in [0.2, 0.25) is 5.91 Å². The largest absolute Gasteiger partial charge is 0.367 e. The number of nitrogens with zero attached hydrogens (tertiary/aromatic N) is 2. The van der Waals surface area contributed by atoms with E-state index in [2.05, 4.69) is 27.8 Å². The molecule has 0 aliphatic heterocycles. The Hall–Kier alpha value is -3.15. The predicted octanol–water partition coefficient (Wildman–Crippen LogP) is 3.56. The van der Waals surface area contributed by atoms with Crippen molar-refractivity contribution in [2.24, 2.45) is 11.8 Å². The van der Waals surface area contributed by atoms with Crippen LogP contribution in [0.15, 0.2) is 59.7 Å². The zero-order valence-corrected chi connectivity index (χ0v) is 17.3. The minimum Gasteiger partial charge on any atom is -0.367 e. The van der Waals surface area contributed by atoms with Gasteiger partial charge in [0.15, 0.2) is 0 Å². The van der Waals surface area contributed by atoms with Gasteiger partial charge in [-0.05, 0) is 49.3 Å². The van der Waals surface area contributed by atoms with Crippen LogP contribution in [0.1, 0.15) is 31.2 Å². The standard InChI is InChI=1S/C24H28N4O2/c1-25-23(29)19-9-7-18(8-10-19)16-28-22(27-14-17-5-3-2-4-6-17)13-20-15-26-12-11-21(20)24(28)30/h2-6,11-13,15,18-19,27H,7-10,14,16H2,1H3,(H,25,29). The Bertz CT molecular complexity index is 1070. The molecule has 1 aliphatic rings. The molecule has 1 aromatic carbocycles. The number of fused-ring (bicyclic) bond motifs is 1. The summed E-state index contributed by atoms with van der Waals surface area (Å²) < 4.78 is 1.87. The lowest BCUT2D eigenvalue weighted by Crippen LogP contribution is -2.33. The lowest BCUT2D eigenvalue weighted by Gasteiger charge is -2.28. The Morgan fingerprint density at radius 1 is 1.13 bits per heavy atom. The van der Waals surface area contributed by atoms with E-state index in [1.807, 2.05) is 28.8 Å². The minimum atomic E-state index is 0.0129. The molecule has 0 unspecified atom stereocenters. The molecule has 1 aliphatic carbocycles. The maximum Gasteiger partial charge on any atom is 0.260 e. The molecule has 2 N–H and O–H groups in total. The quantitative estimate of drug-likeness (QED) is 0.659. The lowest BCUT2D eigenvalue weighted by molar-refractivity contribution is -0.125. The molecular weight excluding hydrogens is 376 g/mol. The van der Waals surface area contributed by atoms with E-state index in [9.17, 15) is 9.59 Å². The molecule has 0 saturated heterocycles. The molecule has 6 nitrogen and oxygen atoms in total. The smallest absolute Gasteiger partial charge is 0.260 e. The molecule has 1 saturated carbocycles. The molecular formula is C24H28N4O2. The highest BCUT2D eigenvalue weighted by Gasteiger charge is 2.26. The molecule has 0 bridgehead atoms. The van der Waals surface area contributed by atoms with E-state index in [1.165, 1.54) is 0 Å². The van der Waals surface area contributed by atoms with Crippen molar-refractivity contribution in [1.29, 1.82) is 0 Å². The molecule has 0 radical (unpaired) electrons. The molecule has 156 valence electrons. The van der Waals surface area contributed by atoms with Crippen LogP contribution in [0.2, 0.25) is 0 Å². The summed E-state index contributed by atoms with van der Waals surface area (Å²) in [5.74, 6) is 1.44. The first-order valence-electron chi connectivity index (χ1n) is 10.6. The highest BCUT2D eigenvalue weighted by molar-refractivity contribution is 5.83. The highest BCUT2D eigenvalue weighted by atomic mass is 16.1. The van der Waals surface area contributed by atoms with Gasteiger partial charge in [-0.2, -0.15) is 0 Å². The molecule has 6 heteroatoms. The molecule has 1 amide bonds. The van der Waals surface area contributed by atoms with Crippen molar-refractivity contribution in [1.82, 2.24) is 14.9 Å². The predicted molar refractivity (Wildman–Crippen MR) is 119 cm³/mol. The van der Waals surface area contributed by atoms with Gasteiger partial charge in [0.05, 0.1) is 5.39 Å². The number of hydrogen-bond donors (Lipinski definition) is 2. The normalized spacial score (nSPS) is 18.8. The van der Waals surface area contributed by atoms with Gasteiger partial charge in [-0.25, -0.2) is 0 Å². The molecule has 0 spiro atoms. The van der Waals surface area contributed by atoms with Crippen molar-refractivity contribution in [3.8, 4) is 0 Å². The second kappa shape index (κ2) is 9.11. The maximum atomic E-state index is 13.3. The van der Waals surface area contributed by atoms with Gasteiger partial charge in [0.25, 0.3) is 5.56 Å². The van der Waals surface area contributed by atoms with Crippen LogP contribution in [0.5, 0.6) is 0 Å². The van der Waals surface area contributed by atoms with E-state index in [4.69, 9.17) is 0 Å². The van der Waals surface area contributed by atoms with E-state index < -0.39 is 0 Å². The fraction of sp³-hybridized carbons (Fsp3) is 0.375. The number of carbonyl (C=O) groups excluding carboxylic acids is 1. The Kier molecular flexibility index (Phi) is 6.12. The lowest BCUT2D eigenvalue weighted by atomic mass is 9.81. The van der Waals surface area contributed by atoms with Crippen molar-refractivity contribution >= 4 is 22.5 Å². The minimum absolute atomic E-state index is 0.0129. The van der Waals surface area contributed by atoms with Gasteiger partial charge in [0.1, 0.15) is 5.82 Å². The molecule has 4 rings (SSSR count). The van der Waals surface area contributed by atoms with Crippen molar-refractivity contribution in [3.63, 3.8) is 0 Å². The summed E-state index contributed by atoms with van der Waals surface area (Å²) in [4.78, 5) is 29.4. The Labute approximate surface area is 176 Å². The number of benzene rings is 1. The number of hydrogen-bond acceptors (Lipinski definition) is 4. The van der Waals surface area contributed by atoms with E-state index in [0.717, 1.165) is 42.5 Å². The number of pyridine rings is 2. The van der Waals surface area contributed by atoms with Crippen molar-refractivity contribution in [3.05, 3.63) is 70.8 Å². The Morgan fingerprint density at radius 2 is 1.90 bits per heavy atom. The molecule has 3 aromatic rings. The van der Waals surface area contributed by atoms with Crippen LogP contribution >= 0.6 is 0 Å². The van der Waals surface area contributed by atoms with Crippen LogP contribution in [0.3, 0.4) is 0 Å². The van der Waals surface area contributed by atoms with E-state index in [1.54, 1.807) is 25.5 Å². The summed E-state index contributed by atoms with van der Waals surface area (Å²) >= 11 is 0. The summed E-state index contributed by atoms with van der Waals surface area (Å²) in [6.07, 6.45) is 7.07. The van der Waals surface area contributed by atoms with Crippen molar-refractivity contribution in [2.75, 3.05) is 12.4 Å². The molecule has 2 heterocycles. The molecule has 0 atom stereocenters. The Morgan fingerprint density at radius 3 is 2.63 bits per heavy atom. The SMILES string of the molecule is CNC(=O)C1CCC(Cn2c(NCc3ccccc3)cc3cnccc3c2=O)CC1. The number of aromatic nitrogens is 2. The number of rotatable bonds is 6. The maximum absolute atomic E-state index is 13.3. The topological polar surface area (TPSA) is 76.0 Å². The average Bonchev–Trinajstić information content (AvgIpc) is 2.80. The van der Waals surface area contributed by atoms with Crippen LogP contribution in [0.25, 0.3) is 10.8 Å². The monoisotopic (exact) mass is 404 g/mol. The van der Waals surface area contributed by atoms with Crippen molar-refractivity contribution < 1.29 is 4.79 Å². The molecule has 30 heavy (non-hydrogen) atoms. The van der Waals surface area contributed by atoms with Gasteiger partial charge < -0.3 is 10.6 Å². The fourth-order valence-electron chi connectivity index (χ4n) is 4.38. The number of carbonyl (C=O) groups is 1. The zero-order valence-electron chi connectivity index (χ0n) is 17.3. The first-order valence-corrected chi connectivity index (χ1v) is 10.6. The van der Waals surface area contributed by atoms with Crippen molar-refractivity contribution in [2.45, 2.75) is 38.8 Å². The van der Waals surface area contributed by atoms with Gasteiger partial charge in [-0.15, -0.1) is 0 Å².